The molecular formula is C16H31NaO3S. The summed E-state index contributed by atoms with van der Waals surface area (Å²) in [6.45, 7) is 4.82. The van der Waals surface area contributed by atoms with E-state index in [1.165, 1.54) is 43.9 Å². The van der Waals surface area contributed by atoms with Crippen LogP contribution in [0.2, 0.25) is 0 Å². The number of esters is 1. The van der Waals surface area contributed by atoms with E-state index in [9.17, 15) is 9.59 Å². The molecule has 0 spiro atoms. The van der Waals surface area contributed by atoms with Crippen molar-refractivity contribution in [2.24, 2.45) is 0 Å². The SMILES string of the molecule is CCCCCCOC(=O)CCC(=O)SCCCCCC.[NaH]. The van der Waals surface area contributed by atoms with Gasteiger partial charge in [-0.1, -0.05) is 64.1 Å². The van der Waals surface area contributed by atoms with Gasteiger partial charge in [-0.25, -0.2) is 0 Å². The van der Waals surface area contributed by atoms with Crippen LogP contribution in [0.5, 0.6) is 0 Å². The first-order valence-electron chi connectivity index (χ1n) is 8.02. The van der Waals surface area contributed by atoms with Gasteiger partial charge in [0.25, 0.3) is 0 Å². The van der Waals surface area contributed by atoms with Crippen LogP contribution in [-0.2, 0) is 14.3 Å². The topological polar surface area (TPSA) is 43.4 Å². The molecule has 120 valence electrons. The second kappa shape index (κ2) is 18.5. The van der Waals surface area contributed by atoms with Gasteiger partial charge in [0.15, 0.2) is 5.12 Å². The summed E-state index contributed by atoms with van der Waals surface area (Å²) in [5, 5.41) is 0.115. The molecule has 0 aromatic carbocycles. The molecule has 0 rings (SSSR count). The van der Waals surface area contributed by atoms with E-state index >= 15 is 0 Å². The zero-order valence-electron chi connectivity index (χ0n) is 13.1. The molecule has 0 aliphatic rings. The molecule has 0 radical (unpaired) electrons. The van der Waals surface area contributed by atoms with E-state index in [-0.39, 0.29) is 47.1 Å². The first kappa shape index (κ1) is 23.8. The van der Waals surface area contributed by atoms with Gasteiger partial charge in [-0.15, -0.1) is 0 Å². The van der Waals surface area contributed by atoms with E-state index in [0.717, 1.165) is 25.0 Å². The van der Waals surface area contributed by atoms with Crippen LogP contribution in [0.15, 0.2) is 0 Å². The van der Waals surface area contributed by atoms with Crippen LogP contribution in [0.4, 0.5) is 0 Å². The number of hydrogen-bond acceptors (Lipinski definition) is 4. The molecule has 5 heteroatoms. The Morgan fingerprint density at radius 2 is 1.48 bits per heavy atom. The Morgan fingerprint density at radius 3 is 2.10 bits per heavy atom. The van der Waals surface area contributed by atoms with Gasteiger partial charge >= 0.3 is 35.5 Å². The van der Waals surface area contributed by atoms with Crippen molar-refractivity contribution in [3.8, 4) is 0 Å². The van der Waals surface area contributed by atoms with Gasteiger partial charge in [0.1, 0.15) is 0 Å². The Bertz CT molecular complexity index is 234. The van der Waals surface area contributed by atoms with Crippen molar-refractivity contribution in [3.05, 3.63) is 0 Å². The summed E-state index contributed by atoms with van der Waals surface area (Å²) in [4.78, 5) is 23.0. The Morgan fingerprint density at radius 1 is 0.857 bits per heavy atom. The zero-order chi connectivity index (χ0) is 15.1. The van der Waals surface area contributed by atoms with E-state index in [0.29, 0.717) is 13.0 Å². The van der Waals surface area contributed by atoms with Gasteiger partial charge in [0.2, 0.25) is 0 Å². The predicted octanol–water partition coefficient (Wildman–Crippen LogP) is 4.08. The Labute approximate surface area is 156 Å². The van der Waals surface area contributed by atoms with Gasteiger partial charge < -0.3 is 4.74 Å². The van der Waals surface area contributed by atoms with Crippen LogP contribution < -0.4 is 0 Å². The molecule has 0 aliphatic heterocycles. The van der Waals surface area contributed by atoms with E-state index in [4.69, 9.17) is 4.74 Å². The molecule has 0 saturated heterocycles. The maximum atomic E-state index is 11.6. The molecule has 0 atom stereocenters. The van der Waals surface area contributed by atoms with Crippen molar-refractivity contribution >= 4 is 52.4 Å². The molecule has 0 heterocycles. The number of ether oxygens (including phenoxy) is 1. The van der Waals surface area contributed by atoms with Crippen molar-refractivity contribution in [2.75, 3.05) is 12.4 Å². The first-order chi connectivity index (χ1) is 9.70. The number of rotatable bonds is 13. The second-order valence-electron chi connectivity index (χ2n) is 5.06. The molecule has 0 aromatic heterocycles. The molecule has 0 amide bonds. The summed E-state index contributed by atoms with van der Waals surface area (Å²) in [7, 11) is 0. The van der Waals surface area contributed by atoms with Crippen molar-refractivity contribution in [3.63, 3.8) is 0 Å². The van der Waals surface area contributed by atoms with Crippen LogP contribution >= 0.6 is 11.8 Å². The van der Waals surface area contributed by atoms with Gasteiger partial charge in [-0.3, -0.25) is 9.59 Å². The average molecular weight is 326 g/mol. The van der Waals surface area contributed by atoms with Crippen molar-refractivity contribution < 1.29 is 14.3 Å². The quantitative estimate of drug-likeness (QED) is 0.290. The monoisotopic (exact) mass is 326 g/mol. The summed E-state index contributed by atoms with van der Waals surface area (Å²) in [6.07, 6.45) is 9.67. The molecule has 3 nitrogen and oxygen atoms in total. The van der Waals surface area contributed by atoms with Crippen LogP contribution in [0.3, 0.4) is 0 Å². The van der Waals surface area contributed by atoms with Gasteiger partial charge in [-0.05, 0) is 12.8 Å². The number of unbranched alkanes of at least 4 members (excludes halogenated alkanes) is 6. The molecule has 0 aliphatic carbocycles. The number of hydrogen-bond donors (Lipinski definition) is 0. The fourth-order valence-electron chi connectivity index (χ4n) is 1.78. The zero-order valence-corrected chi connectivity index (χ0v) is 13.9. The van der Waals surface area contributed by atoms with Gasteiger partial charge in [0.05, 0.1) is 13.0 Å². The standard InChI is InChI=1S/C16H30O3S.Na.H/c1-3-5-7-9-13-19-15(17)11-12-16(18)20-14-10-8-6-4-2;;/h3-14H2,1-2H3;;. The van der Waals surface area contributed by atoms with Gasteiger partial charge in [0, 0.05) is 12.2 Å². The molecule has 0 bridgehead atoms. The average Bonchev–Trinajstić information content (AvgIpc) is 2.44. The number of carbonyl (C=O) groups is 2. The fraction of sp³-hybridized carbons (Fsp3) is 0.875. The molecular weight excluding hydrogens is 295 g/mol. The third-order valence-corrected chi connectivity index (χ3v) is 4.07. The Kier molecular flexibility index (Phi) is 21.0. The summed E-state index contributed by atoms with van der Waals surface area (Å²) in [5.41, 5.74) is 0. The number of carbonyl (C=O) groups excluding carboxylic acids is 2. The van der Waals surface area contributed by atoms with E-state index in [2.05, 4.69) is 13.8 Å². The normalized spacial score (nSPS) is 10.0. The predicted molar refractivity (Wildman–Crippen MR) is 93.1 cm³/mol. The summed E-state index contributed by atoms with van der Waals surface area (Å²) >= 11 is 1.36. The Balaban J connectivity index is 0. The molecule has 0 unspecified atom stereocenters. The van der Waals surface area contributed by atoms with Crippen LogP contribution in [0, 0.1) is 0 Å². The van der Waals surface area contributed by atoms with Crippen LogP contribution in [-0.4, -0.2) is 53.0 Å². The Hall–Kier alpha value is 0.490. The molecule has 0 saturated carbocycles. The van der Waals surface area contributed by atoms with Gasteiger partial charge in [-0.2, -0.15) is 0 Å². The van der Waals surface area contributed by atoms with Crippen molar-refractivity contribution in [1.82, 2.24) is 0 Å². The van der Waals surface area contributed by atoms with Crippen molar-refractivity contribution in [1.29, 1.82) is 0 Å². The number of thioether (sulfide) groups is 1. The summed E-state index contributed by atoms with van der Waals surface area (Å²) in [5.74, 6) is 0.645. The molecule has 0 N–H and O–H groups in total. The third-order valence-electron chi connectivity index (χ3n) is 3.06. The maximum absolute atomic E-state index is 11.6. The van der Waals surface area contributed by atoms with E-state index in [1.807, 2.05) is 0 Å². The second-order valence-corrected chi connectivity index (χ2v) is 6.21. The summed E-state index contributed by atoms with van der Waals surface area (Å²) < 4.78 is 5.10. The molecule has 21 heavy (non-hydrogen) atoms. The van der Waals surface area contributed by atoms with Crippen LogP contribution in [0.1, 0.15) is 78.1 Å². The first-order valence-corrected chi connectivity index (χ1v) is 9.00. The molecule has 0 aromatic rings. The van der Waals surface area contributed by atoms with Crippen molar-refractivity contribution in [2.45, 2.75) is 78.1 Å². The summed E-state index contributed by atoms with van der Waals surface area (Å²) in [6, 6.07) is 0. The third kappa shape index (κ3) is 18.4. The van der Waals surface area contributed by atoms with E-state index in [1.54, 1.807) is 0 Å². The molecule has 0 fully saturated rings. The van der Waals surface area contributed by atoms with E-state index < -0.39 is 0 Å². The minimum atomic E-state index is -0.235. The fourth-order valence-corrected chi connectivity index (χ4v) is 2.60. The minimum absolute atomic E-state index is 0. The van der Waals surface area contributed by atoms with Crippen LogP contribution in [0.25, 0.3) is 0 Å².